The molecule has 3 aromatic heterocycles. The third-order valence-corrected chi connectivity index (χ3v) is 6.31. The molecule has 1 aliphatic heterocycles. The van der Waals surface area contributed by atoms with Gasteiger partial charge in [-0.05, 0) is 49.7 Å². The van der Waals surface area contributed by atoms with Crippen LogP contribution in [0.5, 0.6) is 0 Å². The Kier molecular flexibility index (Phi) is 5.50. The summed E-state index contributed by atoms with van der Waals surface area (Å²) in [6.45, 7) is 4.25. The normalized spacial score (nSPS) is 13.3. The first-order valence-corrected chi connectivity index (χ1v) is 11.4. The molecule has 8 nitrogen and oxygen atoms in total. The predicted octanol–water partition coefficient (Wildman–Crippen LogP) is 4.90. The zero-order chi connectivity index (χ0) is 24.1. The third kappa shape index (κ3) is 3.78. The fraction of sp³-hybridized carbons (Fsp3) is 0.208. The average Bonchev–Trinajstić information content (AvgIpc) is 2.79. The molecule has 0 saturated carbocycles. The number of aryl methyl sites for hydroxylation is 2. The number of hydrogen-bond acceptors (Lipinski definition) is 6. The highest BCUT2D eigenvalue weighted by atomic mass is 35.5. The summed E-state index contributed by atoms with van der Waals surface area (Å²) in [7, 11) is 0. The van der Waals surface area contributed by atoms with Gasteiger partial charge >= 0.3 is 5.97 Å². The Morgan fingerprint density at radius 2 is 1.85 bits per heavy atom. The number of halogens is 2. The van der Waals surface area contributed by atoms with Crippen molar-refractivity contribution in [1.82, 2.24) is 19.5 Å². The highest BCUT2D eigenvalue weighted by molar-refractivity contribution is 6.29. The molecule has 1 aliphatic rings. The van der Waals surface area contributed by atoms with Crippen molar-refractivity contribution in [2.75, 3.05) is 5.32 Å². The van der Waals surface area contributed by atoms with Crippen molar-refractivity contribution in [3.8, 4) is 11.4 Å². The Morgan fingerprint density at radius 3 is 2.62 bits per heavy atom. The fourth-order valence-electron chi connectivity index (χ4n) is 4.36. The molecule has 2 N–H and O–H groups in total. The summed E-state index contributed by atoms with van der Waals surface area (Å²) < 4.78 is 1.67. The average molecular weight is 496 g/mol. The van der Waals surface area contributed by atoms with Crippen LogP contribution in [0, 0.1) is 6.92 Å². The summed E-state index contributed by atoms with van der Waals surface area (Å²) >= 11 is 12.0. The smallest absolute Gasteiger partial charge is 0.356 e. The number of rotatable bonds is 4. The summed E-state index contributed by atoms with van der Waals surface area (Å²) in [5.74, 6) is -0.654. The fourth-order valence-corrected chi connectivity index (χ4v) is 4.67. The molecule has 0 saturated heterocycles. The largest absolute Gasteiger partial charge is 0.476 e. The second kappa shape index (κ2) is 8.38. The highest BCUT2D eigenvalue weighted by Gasteiger charge is 2.24. The number of pyridine rings is 2. The summed E-state index contributed by atoms with van der Waals surface area (Å²) in [6, 6.07) is 10.0. The highest BCUT2D eigenvalue weighted by Crippen LogP contribution is 2.32. The van der Waals surface area contributed by atoms with E-state index in [0.29, 0.717) is 40.5 Å². The molecule has 4 aromatic rings. The maximum Gasteiger partial charge on any atom is 0.356 e. The maximum absolute atomic E-state index is 13.5. The van der Waals surface area contributed by atoms with E-state index in [-0.39, 0.29) is 22.4 Å². The molecule has 4 heterocycles. The summed E-state index contributed by atoms with van der Waals surface area (Å²) in [4.78, 5) is 38.4. The van der Waals surface area contributed by atoms with Crippen molar-refractivity contribution in [1.29, 1.82) is 0 Å². The van der Waals surface area contributed by atoms with Crippen molar-refractivity contribution >= 4 is 45.8 Å². The van der Waals surface area contributed by atoms with Crippen LogP contribution < -0.4 is 10.9 Å². The van der Waals surface area contributed by atoms with E-state index in [9.17, 15) is 14.7 Å². The monoisotopic (exact) mass is 495 g/mol. The lowest BCUT2D eigenvalue weighted by Crippen LogP contribution is -2.28. The van der Waals surface area contributed by atoms with Gasteiger partial charge in [0.15, 0.2) is 5.69 Å². The lowest BCUT2D eigenvalue weighted by atomic mass is 9.99. The second-order valence-electron chi connectivity index (χ2n) is 8.22. The number of aromatic nitrogens is 4. The molecule has 0 spiro atoms. The van der Waals surface area contributed by atoms with Crippen LogP contribution in [0.15, 0.2) is 41.2 Å². The van der Waals surface area contributed by atoms with Crippen molar-refractivity contribution < 1.29 is 9.90 Å². The number of aromatic carboxylic acids is 1. The van der Waals surface area contributed by atoms with E-state index in [1.165, 1.54) is 6.07 Å². The Hall–Kier alpha value is -3.49. The zero-order valence-corrected chi connectivity index (χ0v) is 19.8. The second-order valence-corrected chi connectivity index (χ2v) is 9.00. The van der Waals surface area contributed by atoms with Crippen LogP contribution in [0.3, 0.4) is 0 Å². The number of carboxylic acids is 1. The van der Waals surface area contributed by atoms with Gasteiger partial charge in [-0.25, -0.2) is 19.7 Å². The third-order valence-electron chi connectivity index (χ3n) is 5.89. The minimum absolute atomic E-state index is 0.0882. The first-order chi connectivity index (χ1) is 16.2. The number of benzene rings is 1. The number of nitrogens with zero attached hydrogens (tertiary/aromatic N) is 4. The van der Waals surface area contributed by atoms with Gasteiger partial charge in [-0.2, -0.15) is 0 Å². The Balaban J connectivity index is 1.68. The molecule has 0 bridgehead atoms. The Bertz CT molecular complexity index is 1550. The van der Waals surface area contributed by atoms with Crippen LogP contribution in [-0.4, -0.2) is 30.6 Å². The van der Waals surface area contributed by atoms with E-state index < -0.39 is 5.97 Å². The van der Waals surface area contributed by atoms with Gasteiger partial charge in [-0.3, -0.25) is 9.36 Å². The molecule has 5 rings (SSSR count). The molecule has 34 heavy (non-hydrogen) atoms. The number of anilines is 1. The minimum atomic E-state index is -1.19. The standard InChI is InChI=1S/C24H19Cl2N5O3/c1-11-9-14(12(2)27-17-4-6-19(26)29-21(17)24(33)34)20-15(10-11)23(32)31-8-7-16-13(22(31)30-20)3-5-18(25)28-16/h3-6,9-10,12,27H,7-8H2,1-2H3,(H,33,34)/t12-/m1/s1. The van der Waals surface area contributed by atoms with E-state index >= 15 is 0 Å². The maximum atomic E-state index is 13.5. The van der Waals surface area contributed by atoms with Gasteiger partial charge < -0.3 is 10.4 Å². The lowest BCUT2D eigenvalue weighted by molar-refractivity contribution is 0.0691. The topological polar surface area (TPSA) is 110 Å². The number of carbonyl (C=O) groups is 1. The van der Waals surface area contributed by atoms with E-state index in [0.717, 1.165) is 22.4 Å². The first-order valence-electron chi connectivity index (χ1n) is 10.6. The van der Waals surface area contributed by atoms with Gasteiger partial charge in [-0.15, -0.1) is 0 Å². The molecular formula is C24H19Cl2N5O3. The van der Waals surface area contributed by atoms with Gasteiger partial charge in [0.05, 0.1) is 28.3 Å². The Morgan fingerprint density at radius 1 is 1.12 bits per heavy atom. The number of hydrogen-bond donors (Lipinski definition) is 2. The first kappa shape index (κ1) is 22.3. The molecular weight excluding hydrogens is 477 g/mol. The van der Waals surface area contributed by atoms with Crippen LogP contribution >= 0.6 is 23.2 Å². The lowest BCUT2D eigenvalue weighted by Gasteiger charge is -2.23. The van der Waals surface area contributed by atoms with Gasteiger partial charge in [0, 0.05) is 24.1 Å². The molecule has 0 aliphatic carbocycles. The van der Waals surface area contributed by atoms with Gasteiger partial charge in [0.2, 0.25) is 0 Å². The quantitative estimate of drug-likeness (QED) is 0.387. The van der Waals surface area contributed by atoms with Crippen LogP contribution in [0.4, 0.5) is 5.69 Å². The molecule has 0 unspecified atom stereocenters. The van der Waals surface area contributed by atoms with Gasteiger partial charge in [-0.1, -0.05) is 29.3 Å². The minimum Gasteiger partial charge on any atom is -0.476 e. The van der Waals surface area contributed by atoms with Crippen LogP contribution in [0.1, 0.15) is 40.3 Å². The summed E-state index contributed by atoms with van der Waals surface area (Å²) in [5.41, 5.74) is 3.79. The van der Waals surface area contributed by atoms with Crippen LogP contribution in [-0.2, 0) is 13.0 Å². The number of fused-ring (bicyclic) bond motifs is 4. The molecule has 10 heteroatoms. The molecule has 0 amide bonds. The SMILES string of the molecule is Cc1cc([C@@H](C)Nc2ccc(Cl)nc2C(=O)O)c2nc3n(c(=O)c2c1)CCc1nc(Cl)ccc1-3. The number of nitrogens with one attached hydrogen (secondary N) is 1. The molecule has 1 atom stereocenters. The molecule has 1 aromatic carbocycles. The van der Waals surface area contributed by atoms with Crippen molar-refractivity contribution in [3.05, 3.63) is 79.6 Å². The zero-order valence-electron chi connectivity index (χ0n) is 18.3. The van der Waals surface area contributed by atoms with Gasteiger partial charge in [0.25, 0.3) is 5.56 Å². The summed E-state index contributed by atoms with van der Waals surface area (Å²) in [6.07, 6.45) is 0.591. The van der Waals surface area contributed by atoms with Crippen molar-refractivity contribution in [3.63, 3.8) is 0 Å². The van der Waals surface area contributed by atoms with E-state index in [1.54, 1.807) is 16.7 Å². The Labute approximate surface area is 204 Å². The van der Waals surface area contributed by atoms with Gasteiger partial charge in [0.1, 0.15) is 16.1 Å². The van der Waals surface area contributed by atoms with Crippen LogP contribution in [0.2, 0.25) is 10.3 Å². The molecule has 0 fully saturated rings. The summed E-state index contributed by atoms with van der Waals surface area (Å²) in [5, 5.41) is 13.7. The van der Waals surface area contributed by atoms with E-state index in [1.807, 2.05) is 32.0 Å². The van der Waals surface area contributed by atoms with E-state index in [2.05, 4.69) is 15.3 Å². The predicted molar refractivity (Wildman–Crippen MR) is 131 cm³/mol. The number of carboxylic acid groups (broad SMARTS) is 1. The molecule has 172 valence electrons. The van der Waals surface area contributed by atoms with Crippen molar-refractivity contribution in [2.45, 2.75) is 32.9 Å². The van der Waals surface area contributed by atoms with Crippen LogP contribution in [0.25, 0.3) is 22.3 Å². The molecule has 0 radical (unpaired) electrons. The van der Waals surface area contributed by atoms with Crippen molar-refractivity contribution in [2.24, 2.45) is 0 Å². The van der Waals surface area contributed by atoms with E-state index in [4.69, 9.17) is 28.2 Å².